The highest BCUT2D eigenvalue weighted by atomic mass is 79.9. The van der Waals surface area contributed by atoms with Crippen LogP contribution in [-0.2, 0) is 18.9 Å². The smallest absolute Gasteiger partial charge is 0.422 e. The van der Waals surface area contributed by atoms with Gasteiger partial charge in [-0.3, -0.25) is 5.43 Å². The Morgan fingerprint density at radius 1 is 1.25 bits per heavy atom. The summed E-state index contributed by atoms with van der Waals surface area (Å²) in [4.78, 5) is 21.3. The Labute approximate surface area is 244 Å². The van der Waals surface area contributed by atoms with Crippen molar-refractivity contribution in [1.82, 2.24) is 30.6 Å². The second-order valence-corrected chi connectivity index (χ2v) is 11.6. The SMILES string of the molecule is Cc1nc([C@@H]2OC3COC(c4ccccc4)O[C@@H]3C(NNC(=O)OC(C)(C)C)C2O)n(-c2cc(Cl)cnc2Br)n1. The third-order valence-electron chi connectivity index (χ3n) is 6.23. The molecule has 4 unspecified atom stereocenters. The van der Waals surface area contributed by atoms with E-state index in [1.165, 1.54) is 10.9 Å². The molecule has 0 bridgehead atoms. The van der Waals surface area contributed by atoms with E-state index in [1.54, 1.807) is 33.8 Å². The Hall–Kier alpha value is -2.65. The van der Waals surface area contributed by atoms with Gasteiger partial charge in [-0.1, -0.05) is 41.9 Å². The summed E-state index contributed by atoms with van der Waals surface area (Å²) in [5.41, 5.74) is 6.06. The number of pyridine rings is 1. The highest BCUT2D eigenvalue weighted by Gasteiger charge is 2.51. The molecule has 0 radical (unpaired) electrons. The molecule has 3 N–H and O–H groups in total. The van der Waals surface area contributed by atoms with Gasteiger partial charge in [0.1, 0.15) is 46.1 Å². The summed E-state index contributed by atoms with van der Waals surface area (Å²) in [6.07, 6.45) is -3.49. The van der Waals surface area contributed by atoms with Gasteiger partial charge in [-0.05, 0) is 49.7 Å². The Balaban J connectivity index is 1.47. The third-order valence-corrected chi connectivity index (χ3v) is 7.05. The molecule has 14 heteroatoms. The summed E-state index contributed by atoms with van der Waals surface area (Å²) in [5, 5.41) is 16.6. The summed E-state index contributed by atoms with van der Waals surface area (Å²) in [7, 11) is 0. The minimum absolute atomic E-state index is 0.160. The first kappa shape index (κ1) is 28.9. The summed E-state index contributed by atoms with van der Waals surface area (Å²) < 4.78 is 26.0. The van der Waals surface area contributed by atoms with Crippen LogP contribution in [0.2, 0.25) is 5.02 Å². The van der Waals surface area contributed by atoms with Gasteiger partial charge in [-0.2, -0.15) is 5.10 Å². The number of rotatable bonds is 5. The van der Waals surface area contributed by atoms with Crippen LogP contribution in [0.3, 0.4) is 0 Å². The number of carbonyl (C=O) groups excluding carboxylic acids is 1. The number of hydrazine groups is 1. The van der Waals surface area contributed by atoms with E-state index in [0.29, 0.717) is 27.0 Å². The van der Waals surface area contributed by atoms with E-state index < -0.39 is 48.4 Å². The van der Waals surface area contributed by atoms with Crippen LogP contribution in [0.4, 0.5) is 4.79 Å². The van der Waals surface area contributed by atoms with Gasteiger partial charge in [0, 0.05) is 11.8 Å². The molecule has 3 aromatic rings. The maximum atomic E-state index is 12.5. The van der Waals surface area contributed by atoms with Crippen molar-refractivity contribution in [1.29, 1.82) is 0 Å². The van der Waals surface area contributed by atoms with Gasteiger partial charge in [0.15, 0.2) is 12.1 Å². The highest BCUT2D eigenvalue weighted by Crippen LogP contribution is 2.39. The number of benzene rings is 1. The number of nitrogens with one attached hydrogen (secondary N) is 2. The second kappa shape index (κ2) is 11.7. The lowest BCUT2D eigenvalue weighted by atomic mass is 9.91. The fourth-order valence-electron chi connectivity index (χ4n) is 4.60. The van der Waals surface area contributed by atoms with Gasteiger partial charge in [0.05, 0.1) is 17.7 Å². The van der Waals surface area contributed by atoms with Crippen molar-refractivity contribution in [3.8, 4) is 5.69 Å². The average molecular weight is 638 g/mol. The van der Waals surface area contributed by atoms with Crippen molar-refractivity contribution >= 4 is 33.6 Å². The first-order chi connectivity index (χ1) is 19.0. The van der Waals surface area contributed by atoms with Gasteiger partial charge >= 0.3 is 6.09 Å². The topological polar surface area (TPSA) is 142 Å². The van der Waals surface area contributed by atoms with Crippen molar-refractivity contribution in [3.63, 3.8) is 0 Å². The van der Waals surface area contributed by atoms with Crippen LogP contribution in [-0.4, -0.2) is 67.5 Å². The maximum absolute atomic E-state index is 12.5. The van der Waals surface area contributed by atoms with Crippen molar-refractivity contribution in [2.45, 2.75) is 70.0 Å². The number of aromatic nitrogens is 4. The zero-order valence-corrected chi connectivity index (χ0v) is 24.6. The van der Waals surface area contributed by atoms with E-state index in [4.69, 9.17) is 30.5 Å². The number of aliphatic hydroxyl groups is 1. The lowest BCUT2D eigenvalue weighted by Crippen LogP contribution is -2.66. The zero-order chi connectivity index (χ0) is 28.6. The highest BCUT2D eigenvalue weighted by molar-refractivity contribution is 9.10. The number of ether oxygens (including phenoxy) is 4. The Morgan fingerprint density at radius 2 is 2.00 bits per heavy atom. The number of nitrogens with zero attached hydrogens (tertiary/aromatic N) is 4. The predicted octanol–water partition coefficient (Wildman–Crippen LogP) is 3.70. The zero-order valence-electron chi connectivity index (χ0n) is 22.2. The van der Waals surface area contributed by atoms with E-state index in [-0.39, 0.29) is 6.61 Å². The molecule has 2 aromatic heterocycles. The van der Waals surface area contributed by atoms with Crippen molar-refractivity contribution in [3.05, 3.63) is 69.4 Å². The van der Waals surface area contributed by atoms with Crippen LogP contribution < -0.4 is 10.9 Å². The molecule has 2 saturated heterocycles. The summed E-state index contributed by atoms with van der Waals surface area (Å²) >= 11 is 9.65. The molecule has 5 rings (SSSR count). The van der Waals surface area contributed by atoms with Crippen LogP contribution in [0.5, 0.6) is 0 Å². The van der Waals surface area contributed by atoms with Gasteiger partial charge in [-0.25, -0.2) is 24.9 Å². The molecule has 1 amide bonds. The summed E-state index contributed by atoms with van der Waals surface area (Å²) in [5.74, 6) is 0.749. The summed E-state index contributed by atoms with van der Waals surface area (Å²) in [6.45, 7) is 7.15. The van der Waals surface area contributed by atoms with Crippen LogP contribution in [0.25, 0.3) is 5.69 Å². The number of aliphatic hydroxyl groups excluding tert-OH is 1. The predicted molar refractivity (Wildman–Crippen MR) is 147 cm³/mol. The molecule has 0 spiro atoms. The van der Waals surface area contributed by atoms with Crippen LogP contribution in [0.1, 0.15) is 50.4 Å². The fraction of sp³-hybridized carbons (Fsp3) is 0.462. The Bertz CT molecular complexity index is 1360. The van der Waals surface area contributed by atoms with Crippen molar-refractivity contribution in [2.24, 2.45) is 0 Å². The van der Waals surface area contributed by atoms with Crippen LogP contribution >= 0.6 is 27.5 Å². The average Bonchev–Trinajstić information content (AvgIpc) is 3.29. The monoisotopic (exact) mass is 636 g/mol. The van der Waals surface area contributed by atoms with Crippen molar-refractivity contribution < 1.29 is 28.8 Å². The number of carbonyl (C=O) groups is 1. The summed E-state index contributed by atoms with van der Waals surface area (Å²) in [6, 6.07) is 10.3. The van der Waals surface area contributed by atoms with Crippen LogP contribution in [0.15, 0.2) is 47.2 Å². The second-order valence-electron chi connectivity index (χ2n) is 10.5. The third kappa shape index (κ3) is 6.30. The molecule has 214 valence electrons. The lowest BCUT2D eigenvalue weighted by molar-refractivity contribution is -0.313. The number of fused-ring (bicyclic) bond motifs is 1. The maximum Gasteiger partial charge on any atom is 0.422 e. The largest absolute Gasteiger partial charge is 0.443 e. The molecule has 4 heterocycles. The van der Waals surface area contributed by atoms with Gasteiger partial charge in [0.2, 0.25) is 0 Å². The number of amides is 1. The first-order valence-corrected chi connectivity index (χ1v) is 13.8. The quantitative estimate of drug-likeness (QED) is 0.280. The first-order valence-electron chi connectivity index (χ1n) is 12.6. The number of hydrogen-bond donors (Lipinski definition) is 3. The standard InChI is InChI=1S/C26H30BrClN6O6/c1-13-30-23(34(33-13)16-10-15(28)11-29-22(16)27)21-19(35)18(31-32-25(36)40-26(2,3)4)20-17(38-21)12-37-24(39-20)14-8-6-5-7-9-14/h5-11,17-21,24,31,35H,12H2,1-4H3,(H,32,36)/t17?,18?,19?,20-,21+,24?/m0/s1. The molecule has 12 nitrogen and oxygen atoms in total. The fourth-order valence-corrected chi connectivity index (χ4v) is 5.13. The molecule has 2 fully saturated rings. The number of hydrogen-bond acceptors (Lipinski definition) is 10. The molecule has 2 aliphatic heterocycles. The van der Waals surface area contributed by atoms with Gasteiger partial charge < -0.3 is 24.1 Å². The Kier molecular flexibility index (Phi) is 8.43. The number of halogens is 2. The molecular weight excluding hydrogens is 608 g/mol. The minimum Gasteiger partial charge on any atom is -0.443 e. The van der Waals surface area contributed by atoms with E-state index in [9.17, 15) is 9.90 Å². The van der Waals surface area contributed by atoms with E-state index in [1.807, 2.05) is 30.3 Å². The molecule has 0 saturated carbocycles. The molecule has 40 heavy (non-hydrogen) atoms. The normalized spacial score (nSPS) is 26.7. The molecular formula is C26H30BrClN6O6. The van der Waals surface area contributed by atoms with E-state index in [2.05, 4.69) is 41.8 Å². The minimum atomic E-state index is -1.25. The molecule has 2 aliphatic rings. The van der Waals surface area contributed by atoms with E-state index in [0.717, 1.165) is 5.56 Å². The molecule has 1 aromatic carbocycles. The molecule has 0 aliphatic carbocycles. The lowest BCUT2D eigenvalue weighted by Gasteiger charge is -2.48. The Morgan fingerprint density at radius 3 is 2.73 bits per heavy atom. The van der Waals surface area contributed by atoms with Crippen molar-refractivity contribution in [2.75, 3.05) is 6.61 Å². The van der Waals surface area contributed by atoms with Crippen LogP contribution in [0, 0.1) is 6.92 Å². The number of aryl methyl sites for hydroxylation is 1. The molecule has 6 atom stereocenters. The van der Waals surface area contributed by atoms with E-state index >= 15 is 0 Å². The van der Waals surface area contributed by atoms with Gasteiger partial charge in [0.25, 0.3) is 0 Å². The van der Waals surface area contributed by atoms with Gasteiger partial charge in [-0.15, -0.1) is 0 Å².